The number of nitrogens with one attached hydrogen (secondary N) is 3. The second kappa shape index (κ2) is 6.50. The molecule has 1 aromatic carbocycles. The number of nitrogens with two attached hydrogens (primary N) is 1. The van der Waals surface area contributed by atoms with E-state index < -0.39 is 5.91 Å². The van der Waals surface area contributed by atoms with Crippen LogP contribution in [-0.4, -0.2) is 32.1 Å². The van der Waals surface area contributed by atoms with Gasteiger partial charge in [0.05, 0.1) is 28.2 Å². The van der Waals surface area contributed by atoms with E-state index in [0.29, 0.717) is 28.3 Å². The number of amides is 1. The van der Waals surface area contributed by atoms with Crippen LogP contribution in [0.4, 0.5) is 5.82 Å². The molecule has 0 radical (unpaired) electrons. The van der Waals surface area contributed by atoms with Crippen LogP contribution in [0.25, 0.3) is 22.3 Å². The van der Waals surface area contributed by atoms with Gasteiger partial charge in [0.1, 0.15) is 11.3 Å². The van der Waals surface area contributed by atoms with Gasteiger partial charge >= 0.3 is 0 Å². The molecule has 0 bridgehead atoms. The largest absolute Gasteiger partial charge is 0.366 e. The number of aromatic nitrogens is 3. The predicted octanol–water partition coefficient (Wildman–Crippen LogP) is 3.63. The Balaban J connectivity index is 2.23. The van der Waals surface area contributed by atoms with Gasteiger partial charge < -0.3 is 21.4 Å². The average Bonchev–Trinajstić information content (AvgIpc) is 2.99. The minimum absolute atomic E-state index is 0.155. The molecule has 140 valence electrons. The number of carbonyl (C=O) groups excluding carboxylic acids is 1. The molecule has 7 heteroatoms. The van der Waals surface area contributed by atoms with E-state index in [1.807, 2.05) is 25.1 Å². The van der Waals surface area contributed by atoms with Gasteiger partial charge in [0.15, 0.2) is 0 Å². The van der Waals surface area contributed by atoms with Crippen molar-refractivity contribution in [3.05, 3.63) is 41.2 Å². The molecule has 0 spiro atoms. The number of H-pyrrole nitrogens is 1. The minimum atomic E-state index is -0.573. The molecule has 5 N–H and O–H groups in total. The van der Waals surface area contributed by atoms with Gasteiger partial charge in [0, 0.05) is 16.8 Å². The Labute approximate surface area is 157 Å². The lowest BCUT2D eigenvalue weighted by molar-refractivity contribution is 0.100. The summed E-state index contributed by atoms with van der Waals surface area (Å²) in [4.78, 5) is 24.4. The summed E-state index contributed by atoms with van der Waals surface area (Å²) in [6, 6.07) is 7.38. The normalized spacial score (nSPS) is 11.6. The molecular weight excluding hydrogens is 340 g/mol. The van der Waals surface area contributed by atoms with E-state index in [1.54, 1.807) is 13.0 Å². The number of para-hydroxylation sites is 1. The van der Waals surface area contributed by atoms with Gasteiger partial charge in [-0.3, -0.25) is 4.79 Å². The van der Waals surface area contributed by atoms with E-state index >= 15 is 0 Å². The number of anilines is 1. The zero-order valence-electron chi connectivity index (χ0n) is 16.2. The van der Waals surface area contributed by atoms with E-state index in [9.17, 15) is 4.79 Å². The Morgan fingerprint density at radius 3 is 2.52 bits per heavy atom. The Hall–Kier alpha value is -3.22. The molecule has 7 nitrogen and oxygen atoms in total. The fourth-order valence-corrected chi connectivity index (χ4v) is 2.95. The van der Waals surface area contributed by atoms with Crippen LogP contribution < -0.4 is 11.1 Å². The molecule has 0 unspecified atom stereocenters. The summed E-state index contributed by atoms with van der Waals surface area (Å²) in [6.07, 6.45) is 0. The number of aromatic amines is 1. The summed E-state index contributed by atoms with van der Waals surface area (Å²) < 4.78 is 0. The molecule has 0 aliphatic carbocycles. The van der Waals surface area contributed by atoms with Crippen molar-refractivity contribution in [1.29, 1.82) is 5.41 Å². The molecule has 0 aliphatic heterocycles. The van der Waals surface area contributed by atoms with Crippen LogP contribution in [0.1, 0.15) is 49.4 Å². The summed E-state index contributed by atoms with van der Waals surface area (Å²) in [5, 5.41) is 11.3. The number of carbonyl (C=O) groups is 1. The average molecular weight is 364 g/mol. The van der Waals surface area contributed by atoms with Gasteiger partial charge in [-0.2, -0.15) is 0 Å². The van der Waals surface area contributed by atoms with E-state index in [4.69, 9.17) is 16.1 Å². The smallest absolute Gasteiger partial charge is 0.250 e. The van der Waals surface area contributed by atoms with Gasteiger partial charge in [-0.05, 0) is 46.8 Å². The van der Waals surface area contributed by atoms with Crippen molar-refractivity contribution < 1.29 is 4.79 Å². The maximum atomic E-state index is 11.8. The summed E-state index contributed by atoms with van der Waals surface area (Å²) >= 11 is 0. The van der Waals surface area contributed by atoms with Gasteiger partial charge in [0.2, 0.25) is 0 Å². The molecule has 27 heavy (non-hydrogen) atoms. The van der Waals surface area contributed by atoms with Crippen LogP contribution in [0.15, 0.2) is 24.3 Å². The highest BCUT2D eigenvalue weighted by atomic mass is 16.1. The fraction of sp³-hybridized carbons (Fsp3) is 0.300. The number of aryl methyl sites for hydroxylation is 1. The molecule has 0 aliphatic rings. The first kappa shape index (κ1) is 18.6. The first-order valence-corrected chi connectivity index (χ1v) is 8.71. The molecule has 0 atom stereocenters. The van der Waals surface area contributed by atoms with Crippen LogP contribution in [0, 0.1) is 12.3 Å². The Kier molecular flexibility index (Phi) is 4.47. The van der Waals surface area contributed by atoms with E-state index in [-0.39, 0.29) is 11.3 Å². The number of rotatable bonds is 4. The standard InChI is InChI=1S/C20H24N6O/c1-10(21)16-13(18(22)27)9-15(24-16)12-7-6-8-14-17(12)25-19(11(2)23-14)26-20(3,4)5/h6-9,21,24H,1-5H3,(H2,22,27)(H,25,26). The maximum absolute atomic E-state index is 11.8. The summed E-state index contributed by atoms with van der Waals surface area (Å²) in [5.74, 6) is 0.143. The van der Waals surface area contributed by atoms with Gasteiger partial charge in [-0.15, -0.1) is 0 Å². The van der Waals surface area contributed by atoms with Crippen molar-refractivity contribution in [2.75, 3.05) is 5.32 Å². The van der Waals surface area contributed by atoms with Crippen molar-refractivity contribution in [2.45, 2.75) is 40.2 Å². The van der Waals surface area contributed by atoms with Gasteiger partial charge in [-0.1, -0.05) is 12.1 Å². The molecule has 0 saturated heterocycles. The molecular formula is C20H24N6O. The molecule has 1 amide bonds. The first-order valence-electron chi connectivity index (χ1n) is 8.71. The second-order valence-electron chi connectivity index (χ2n) is 7.67. The maximum Gasteiger partial charge on any atom is 0.250 e. The Bertz CT molecular complexity index is 1030. The number of primary amides is 1. The zero-order chi connectivity index (χ0) is 19.9. The molecule has 3 aromatic rings. The number of hydrogen-bond donors (Lipinski definition) is 4. The zero-order valence-corrected chi connectivity index (χ0v) is 16.2. The third-order valence-electron chi connectivity index (χ3n) is 4.11. The fourth-order valence-electron chi connectivity index (χ4n) is 2.95. The molecule has 0 saturated carbocycles. The molecule has 2 heterocycles. The Morgan fingerprint density at radius 1 is 1.26 bits per heavy atom. The van der Waals surface area contributed by atoms with Crippen LogP contribution in [0.5, 0.6) is 0 Å². The molecule has 0 fully saturated rings. The highest BCUT2D eigenvalue weighted by Gasteiger charge is 2.19. The molecule has 2 aromatic heterocycles. The number of nitrogens with zero attached hydrogens (tertiary/aromatic N) is 2. The van der Waals surface area contributed by atoms with Crippen LogP contribution >= 0.6 is 0 Å². The van der Waals surface area contributed by atoms with Crippen molar-refractivity contribution in [3.63, 3.8) is 0 Å². The van der Waals surface area contributed by atoms with Gasteiger partial charge in [-0.25, -0.2) is 9.97 Å². The van der Waals surface area contributed by atoms with Crippen molar-refractivity contribution >= 4 is 28.5 Å². The van der Waals surface area contributed by atoms with Gasteiger partial charge in [0.25, 0.3) is 5.91 Å². The highest BCUT2D eigenvalue weighted by Crippen LogP contribution is 2.30. The quantitative estimate of drug-likeness (QED) is 0.528. The monoisotopic (exact) mass is 364 g/mol. The summed E-state index contributed by atoms with van der Waals surface area (Å²) in [7, 11) is 0. The minimum Gasteiger partial charge on any atom is -0.366 e. The summed E-state index contributed by atoms with van der Waals surface area (Å²) in [5.41, 5.74) is 10.0. The predicted molar refractivity (Wildman–Crippen MR) is 108 cm³/mol. The third kappa shape index (κ3) is 3.67. The Morgan fingerprint density at radius 2 is 1.96 bits per heavy atom. The lowest BCUT2D eigenvalue weighted by atomic mass is 10.1. The molecule has 3 rings (SSSR count). The lowest BCUT2D eigenvalue weighted by Crippen LogP contribution is -2.27. The topological polar surface area (TPSA) is 121 Å². The summed E-state index contributed by atoms with van der Waals surface area (Å²) in [6.45, 7) is 9.72. The number of benzene rings is 1. The van der Waals surface area contributed by atoms with Crippen LogP contribution in [0.2, 0.25) is 0 Å². The number of fused-ring (bicyclic) bond motifs is 1. The lowest BCUT2D eigenvalue weighted by Gasteiger charge is -2.22. The highest BCUT2D eigenvalue weighted by molar-refractivity contribution is 6.08. The number of hydrogen-bond acceptors (Lipinski definition) is 5. The second-order valence-corrected chi connectivity index (χ2v) is 7.67. The van der Waals surface area contributed by atoms with E-state index in [2.05, 4.69) is 36.1 Å². The van der Waals surface area contributed by atoms with E-state index in [0.717, 1.165) is 16.8 Å². The van der Waals surface area contributed by atoms with Crippen LogP contribution in [-0.2, 0) is 0 Å². The van der Waals surface area contributed by atoms with Crippen molar-refractivity contribution in [1.82, 2.24) is 15.0 Å². The van der Waals surface area contributed by atoms with Crippen molar-refractivity contribution in [3.8, 4) is 11.3 Å². The third-order valence-corrected chi connectivity index (χ3v) is 4.11. The van der Waals surface area contributed by atoms with Crippen molar-refractivity contribution in [2.24, 2.45) is 5.73 Å². The SMILES string of the molecule is CC(=N)c1[nH]c(-c2cccc3nc(C)c(NC(C)(C)C)nc23)cc1C(N)=O. The van der Waals surface area contributed by atoms with E-state index in [1.165, 1.54) is 0 Å². The first-order chi connectivity index (χ1) is 12.6. The van der Waals surface area contributed by atoms with Crippen LogP contribution in [0.3, 0.4) is 0 Å².